The van der Waals surface area contributed by atoms with Gasteiger partial charge in [0.1, 0.15) is 5.82 Å². The van der Waals surface area contributed by atoms with Crippen LogP contribution in [0, 0.1) is 0 Å². The summed E-state index contributed by atoms with van der Waals surface area (Å²) in [6.45, 7) is 5.76. The number of anilines is 3. The second-order valence-corrected chi connectivity index (χ2v) is 8.42. The SMILES string of the molecule is CNC(=O)Nc1ccc(-c2nc3c(c(N4CCOCC4C)n2)CCN(c2ncccn2)C3)cc1. The van der Waals surface area contributed by atoms with Crippen molar-refractivity contribution in [1.82, 2.24) is 25.3 Å². The Labute approximate surface area is 198 Å². The Morgan fingerprint density at radius 2 is 1.91 bits per heavy atom. The number of fused-ring (bicyclic) bond motifs is 1. The van der Waals surface area contributed by atoms with E-state index in [4.69, 9.17) is 14.7 Å². The molecular weight excluding hydrogens is 432 g/mol. The molecule has 4 heterocycles. The molecule has 0 radical (unpaired) electrons. The summed E-state index contributed by atoms with van der Waals surface area (Å²) in [6, 6.07) is 9.37. The molecule has 2 aromatic heterocycles. The molecule has 0 saturated carbocycles. The first-order valence-corrected chi connectivity index (χ1v) is 11.5. The van der Waals surface area contributed by atoms with E-state index in [1.165, 1.54) is 5.56 Å². The number of nitrogens with one attached hydrogen (secondary N) is 2. The number of hydrogen-bond acceptors (Lipinski definition) is 8. The number of carbonyl (C=O) groups is 1. The maximum atomic E-state index is 11.6. The van der Waals surface area contributed by atoms with Crippen molar-refractivity contribution in [2.75, 3.05) is 48.5 Å². The monoisotopic (exact) mass is 460 g/mol. The fourth-order valence-corrected chi connectivity index (χ4v) is 4.34. The first kappa shape index (κ1) is 22.0. The lowest BCUT2D eigenvalue weighted by molar-refractivity contribution is 0.0984. The third-order valence-corrected chi connectivity index (χ3v) is 6.15. The van der Waals surface area contributed by atoms with Gasteiger partial charge in [-0.1, -0.05) is 0 Å². The van der Waals surface area contributed by atoms with Crippen LogP contribution in [0.15, 0.2) is 42.7 Å². The number of aromatic nitrogens is 4. The lowest BCUT2D eigenvalue weighted by atomic mass is 10.0. The normalized spacial score (nSPS) is 17.8. The standard InChI is InChI=1S/C24H28N8O2/c1-16-15-34-13-12-32(16)22-19-8-11-31(23-26-9-3-10-27-23)14-20(19)29-21(30-22)17-4-6-18(7-5-17)28-24(33)25-2/h3-7,9-10,16H,8,11-15H2,1-2H3,(H2,25,28,33). The molecule has 10 heteroatoms. The van der Waals surface area contributed by atoms with Crippen LogP contribution in [0.3, 0.4) is 0 Å². The van der Waals surface area contributed by atoms with E-state index in [0.29, 0.717) is 37.2 Å². The maximum absolute atomic E-state index is 11.6. The van der Waals surface area contributed by atoms with E-state index in [-0.39, 0.29) is 12.1 Å². The Morgan fingerprint density at radius 1 is 1.12 bits per heavy atom. The van der Waals surface area contributed by atoms with E-state index in [1.807, 2.05) is 30.3 Å². The molecule has 1 aromatic carbocycles. The zero-order chi connectivity index (χ0) is 23.5. The van der Waals surface area contributed by atoms with Crippen molar-refractivity contribution in [2.24, 2.45) is 0 Å². The molecule has 2 N–H and O–H groups in total. The Bertz CT molecular complexity index is 1160. The van der Waals surface area contributed by atoms with Gasteiger partial charge in [0.05, 0.1) is 31.5 Å². The Kier molecular flexibility index (Phi) is 6.22. The first-order valence-electron chi connectivity index (χ1n) is 11.5. The number of amides is 2. The Hall–Kier alpha value is -3.79. The van der Waals surface area contributed by atoms with E-state index in [1.54, 1.807) is 19.4 Å². The van der Waals surface area contributed by atoms with Crippen LogP contribution in [-0.2, 0) is 17.7 Å². The molecule has 1 saturated heterocycles. The van der Waals surface area contributed by atoms with Crippen molar-refractivity contribution in [3.63, 3.8) is 0 Å². The quantitative estimate of drug-likeness (QED) is 0.611. The molecule has 0 spiro atoms. The van der Waals surface area contributed by atoms with Crippen LogP contribution < -0.4 is 20.4 Å². The molecule has 10 nitrogen and oxygen atoms in total. The second kappa shape index (κ2) is 9.60. The van der Waals surface area contributed by atoms with Crippen molar-refractivity contribution in [2.45, 2.75) is 25.9 Å². The topological polar surface area (TPSA) is 108 Å². The summed E-state index contributed by atoms with van der Waals surface area (Å²) in [4.78, 5) is 35.0. The average molecular weight is 461 g/mol. The molecule has 3 aromatic rings. The molecular formula is C24H28N8O2. The van der Waals surface area contributed by atoms with Crippen LogP contribution >= 0.6 is 0 Å². The van der Waals surface area contributed by atoms with Gasteiger partial charge in [-0.05, 0) is 43.7 Å². The van der Waals surface area contributed by atoms with Crippen LogP contribution in [0.4, 0.5) is 22.2 Å². The van der Waals surface area contributed by atoms with E-state index >= 15 is 0 Å². The summed E-state index contributed by atoms with van der Waals surface area (Å²) >= 11 is 0. The van der Waals surface area contributed by atoms with Crippen molar-refractivity contribution in [3.8, 4) is 11.4 Å². The molecule has 2 amide bonds. The zero-order valence-electron chi connectivity index (χ0n) is 19.4. The van der Waals surface area contributed by atoms with Gasteiger partial charge in [-0.15, -0.1) is 0 Å². The summed E-state index contributed by atoms with van der Waals surface area (Å²) in [6.07, 6.45) is 4.35. The fourth-order valence-electron chi connectivity index (χ4n) is 4.34. The molecule has 2 aliphatic rings. The molecule has 176 valence electrons. The number of morpholine rings is 1. The fraction of sp³-hybridized carbons (Fsp3) is 0.375. The number of carbonyl (C=O) groups excluding carboxylic acids is 1. The number of nitrogens with zero attached hydrogens (tertiary/aromatic N) is 6. The second-order valence-electron chi connectivity index (χ2n) is 8.42. The van der Waals surface area contributed by atoms with Crippen molar-refractivity contribution >= 4 is 23.5 Å². The van der Waals surface area contributed by atoms with Crippen LogP contribution in [-0.4, -0.2) is 65.4 Å². The van der Waals surface area contributed by atoms with Gasteiger partial charge in [-0.25, -0.2) is 24.7 Å². The lowest BCUT2D eigenvalue weighted by Gasteiger charge is -2.37. The van der Waals surface area contributed by atoms with E-state index in [2.05, 4.69) is 37.3 Å². The third kappa shape index (κ3) is 4.49. The van der Waals surface area contributed by atoms with Gasteiger partial charge in [0.15, 0.2) is 5.82 Å². The number of rotatable bonds is 4. The van der Waals surface area contributed by atoms with Crippen LogP contribution in [0.2, 0.25) is 0 Å². The van der Waals surface area contributed by atoms with E-state index < -0.39 is 0 Å². The minimum Gasteiger partial charge on any atom is -0.377 e. The molecule has 1 fully saturated rings. The van der Waals surface area contributed by atoms with Crippen molar-refractivity contribution in [3.05, 3.63) is 54.0 Å². The van der Waals surface area contributed by atoms with Gasteiger partial charge < -0.3 is 25.2 Å². The molecule has 5 rings (SSSR count). The van der Waals surface area contributed by atoms with Crippen molar-refractivity contribution < 1.29 is 9.53 Å². The van der Waals surface area contributed by atoms with Gasteiger partial charge in [-0.2, -0.15) is 0 Å². The van der Waals surface area contributed by atoms with Crippen LogP contribution in [0.25, 0.3) is 11.4 Å². The highest BCUT2D eigenvalue weighted by molar-refractivity contribution is 5.89. The molecule has 2 aliphatic heterocycles. The summed E-state index contributed by atoms with van der Waals surface area (Å²) in [5.74, 6) is 2.35. The largest absolute Gasteiger partial charge is 0.377 e. The summed E-state index contributed by atoms with van der Waals surface area (Å²) < 4.78 is 5.67. The van der Waals surface area contributed by atoms with E-state index in [0.717, 1.165) is 36.6 Å². The number of benzene rings is 1. The molecule has 0 bridgehead atoms. The third-order valence-electron chi connectivity index (χ3n) is 6.15. The summed E-state index contributed by atoms with van der Waals surface area (Å²) in [7, 11) is 1.59. The highest BCUT2D eigenvalue weighted by Crippen LogP contribution is 2.32. The summed E-state index contributed by atoms with van der Waals surface area (Å²) in [5, 5.41) is 5.33. The number of hydrogen-bond donors (Lipinski definition) is 2. The minimum atomic E-state index is -0.260. The lowest BCUT2D eigenvalue weighted by Crippen LogP contribution is -2.45. The highest BCUT2D eigenvalue weighted by Gasteiger charge is 2.29. The first-order chi connectivity index (χ1) is 16.6. The van der Waals surface area contributed by atoms with Crippen LogP contribution in [0.5, 0.6) is 0 Å². The van der Waals surface area contributed by atoms with E-state index in [9.17, 15) is 4.79 Å². The Balaban J connectivity index is 1.52. The minimum absolute atomic E-state index is 0.232. The molecule has 1 atom stereocenters. The number of ether oxygens (including phenoxy) is 1. The molecule has 1 unspecified atom stereocenters. The van der Waals surface area contributed by atoms with Gasteiger partial charge in [-0.3, -0.25) is 0 Å². The summed E-state index contributed by atoms with van der Waals surface area (Å²) in [5.41, 5.74) is 3.77. The smallest absolute Gasteiger partial charge is 0.318 e. The maximum Gasteiger partial charge on any atom is 0.318 e. The number of urea groups is 1. The molecule has 34 heavy (non-hydrogen) atoms. The van der Waals surface area contributed by atoms with Crippen molar-refractivity contribution in [1.29, 1.82) is 0 Å². The predicted molar refractivity (Wildman–Crippen MR) is 130 cm³/mol. The van der Waals surface area contributed by atoms with Gasteiger partial charge in [0.25, 0.3) is 0 Å². The average Bonchev–Trinajstić information content (AvgIpc) is 2.89. The van der Waals surface area contributed by atoms with Gasteiger partial charge in [0.2, 0.25) is 5.95 Å². The van der Waals surface area contributed by atoms with Gasteiger partial charge in [0, 0.05) is 49.3 Å². The zero-order valence-corrected chi connectivity index (χ0v) is 19.4. The van der Waals surface area contributed by atoms with Crippen LogP contribution in [0.1, 0.15) is 18.2 Å². The van der Waals surface area contributed by atoms with Gasteiger partial charge >= 0.3 is 6.03 Å². The molecule has 0 aliphatic carbocycles. The Morgan fingerprint density at radius 3 is 2.65 bits per heavy atom. The highest BCUT2D eigenvalue weighted by atomic mass is 16.5. The predicted octanol–water partition coefficient (Wildman–Crippen LogP) is 2.47.